The van der Waals surface area contributed by atoms with Gasteiger partial charge in [-0.1, -0.05) is 6.07 Å². The van der Waals surface area contributed by atoms with Crippen LogP contribution in [0, 0.1) is 11.2 Å². The molecule has 2 fully saturated rings. The van der Waals surface area contributed by atoms with Crippen molar-refractivity contribution >= 4 is 29.4 Å². The van der Waals surface area contributed by atoms with E-state index in [0.717, 1.165) is 23.6 Å². The van der Waals surface area contributed by atoms with Gasteiger partial charge in [0.25, 0.3) is 0 Å². The van der Waals surface area contributed by atoms with Crippen LogP contribution >= 0.6 is 0 Å². The number of halogens is 1. The van der Waals surface area contributed by atoms with E-state index in [4.69, 9.17) is 20.9 Å². The summed E-state index contributed by atoms with van der Waals surface area (Å²) in [5, 5.41) is 18.4. The third-order valence-electron chi connectivity index (χ3n) is 6.97. The van der Waals surface area contributed by atoms with E-state index in [0.29, 0.717) is 56.3 Å². The van der Waals surface area contributed by atoms with Crippen LogP contribution in [0.4, 0.5) is 27.5 Å². The minimum Gasteiger partial charge on any atom is -0.377 e. The molecule has 0 spiro atoms. The highest BCUT2D eigenvalue weighted by atomic mass is 19.1. The van der Waals surface area contributed by atoms with E-state index < -0.39 is 5.54 Å². The number of hydrogen-bond donors (Lipinski definition) is 4. The van der Waals surface area contributed by atoms with Gasteiger partial charge in [-0.15, -0.1) is 0 Å². The summed E-state index contributed by atoms with van der Waals surface area (Å²) in [6, 6.07) is 10.7. The first-order valence-electron chi connectivity index (χ1n) is 11.9. The molecule has 4 heterocycles. The SMILES string of the molecule is C[C@@H]1COCCN1c1cc(C2(N)CCN(c3cccc(F)c3)CC2)c(C=N)c(Nc2ccn[nH]2)n1. The Morgan fingerprint density at radius 1 is 1.26 bits per heavy atom. The van der Waals surface area contributed by atoms with Crippen molar-refractivity contribution in [1.29, 1.82) is 5.41 Å². The topological polar surface area (TPSA) is 119 Å². The highest BCUT2D eigenvalue weighted by Crippen LogP contribution is 2.38. The quantitative estimate of drug-likeness (QED) is 0.401. The molecule has 3 aromatic rings. The van der Waals surface area contributed by atoms with Gasteiger partial charge in [-0.3, -0.25) is 5.10 Å². The predicted octanol–water partition coefficient (Wildman–Crippen LogP) is 3.36. The molecular weight excluding hydrogens is 447 g/mol. The second-order valence-corrected chi connectivity index (χ2v) is 9.27. The number of rotatable bonds is 6. The number of nitrogens with zero attached hydrogens (tertiary/aromatic N) is 4. The Morgan fingerprint density at radius 3 is 2.77 bits per heavy atom. The lowest BCUT2D eigenvalue weighted by atomic mass is 9.79. The summed E-state index contributed by atoms with van der Waals surface area (Å²) in [6.45, 7) is 5.48. The van der Waals surface area contributed by atoms with Crippen molar-refractivity contribution in [3.63, 3.8) is 0 Å². The molecule has 2 aliphatic rings. The van der Waals surface area contributed by atoms with E-state index in [9.17, 15) is 4.39 Å². The van der Waals surface area contributed by atoms with Gasteiger partial charge in [0.05, 0.1) is 25.5 Å². The normalized spacial score (nSPS) is 20.0. The number of nitrogens with two attached hydrogens (primary N) is 1. The van der Waals surface area contributed by atoms with Crippen molar-refractivity contribution in [2.45, 2.75) is 31.3 Å². The summed E-state index contributed by atoms with van der Waals surface area (Å²) in [5.74, 6) is 1.81. The van der Waals surface area contributed by atoms with Gasteiger partial charge in [-0.05, 0) is 49.6 Å². The van der Waals surface area contributed by atoms with Crippen molar-refractivity contribution in [3.05, 3.63) is 59.5 Å². The average molecular weight is 479 g/mol. The minimum atomic E-state index is -0.658. The lowest BCUT2D eigenvalue weighted by molar-refractivity contribution is 0.0985. The Bertz CT molecular complexity index is 1180. The van der Waals surface area contributed by atoms with E-state index in [1.165, 1.54) is 12.3 Å². The van der Waals surface area contributed by atoms with Crippen LogP contribution in [0.25, 0.3) is 0 Å². The molecule has 0 unspecified atom stereocenters. The van der Waals surface area contributed by atoms with Gasteiger partial charge in [0.15, 0.2) is 0 Å². The molecule has 0 amide bonds. The Balaban J connectivity index is 1.51. The van der Waals surface area contributed by atoms with Gasteiger partial charge in [0, 0.05) is 48.7 Å². The highest BCUT2D eigenvalue weighted by molar-refractivity contribution is 5.89. The lowest BCUT2D eigenvalue weighted by Gasteiger charge is -2.42. The number of benzene rings is 1. The third-order valence-corrected chi connectivity index (χ3v) is 6.97. The molecule has 184 valence electrons. The zero-order valence-electron chi connectivity index (χ0n) is 19.8. The van der Waals surface area contributed by atoms with Crippen molar-refractivity contribution in [3.8, 4) is 0 Å². The molecule has 0 saturated carbocycles. The number of pyridine rings is 1. The zero-order valence-corrected chi connectivity index (χ0v) is 19.8. The van der Waals surface area contributed by atoms with Gasteiger partial charge in [0.1, 0.15) is 23.3 Å². The van der Waals surface area contributed by atoms with E-state index in [-0.39, 0.29) is 11.9 Å². The largest absolute Gasteiger partial charge is 0.377 e. The standard InChI is InChI=1S/C25H31FN8O/c1-17-16-35-12-11-34(17)23-14-21(20(15-27)24(31-23)30-22-5-8-29-32-22)25(28)6-9-33(10-7-25)19-4-2-3-18(26)13-19/h2-5,8,13-15,17,27H,6-7,9-12,16,28H2,1H3,(H2,29,30,31,32)/t17-/m1/s1. The molecule has 2 aliphatic heterocycles. The molecule has 9 nitrogen and oxygen atoms in total. The molecule has 5 N–H and O–H groups in total. The molecule has 1 aromatic carbocycles. The maximum absolute atomic E-state index is 13.8. The van der Waals surface area contributed by atoms with Crippen LogP contribution < -0.4 is 20.9 Å². The Kier molecular flexibility index (Phi) is 6.40. The van der Waals surface area contributed by atoms with Crippen molar-refractivity contribution in [1.82, 2.24) is 15.2 Å². The lowest BCUT2D eigenvalue weighted by Crippen LogP contribution is -2.49. The summed E-state index contributed by atoms with van der Waals surface area (Å²) in [6.07, 6.45) is 4.31. The van der Waals surface area contributed by atoms with Gasteiger partial charge in [-0.25, -0.2) is 9.37 Å². The van der Waals surface area contributed by atoms with Crippen LogP contribution in [0.2, 0.25) is 0 Å². The van der Waals surface area contributed by atoms with Crippen LogP contribution in [0.5, 0.6) is 0 Å². The minimum absolute atomic E-state index is 0.165. The molecule has 1 atom stereocenters. The number of H-pyrrole nitrogens is 1. The van der Waals surface area contributed by atoms with Crippen LogP contribution in [0.1, 0.15) is 30.9 Å². The molecule has 2 aromatic heterocycles. The van der Waals surface area contributed by atoms with E-state index in [2.05, 4.69) is 32.2 Å². The number of aromatic nitrogens is 3. The van der Waals surface area contributed by atoms with Gasteiger partial charge in [0.2, 0.25) is 0 Å². The number of aromatic amines is 1. The number of nitrogens with one attached hydrogen (secondary N) is 3. The fourth-order valence-corrected chi connectivity index (χ4v) is 4.97. The fourth-order valence-electron chi connectivity index (χ4n) is 4.97. The molecular formula is C25H31FN8O. The Labute approximate surface area is 204 Å². The second kappa shape index (κ2) is 9.63. The maximum atomic E-state index is 13.8. The summed E-state index contributed by atoms with van der Waals surface area (Å²) in [5.41, 5.74) is 8.83. The molecule has 35 heavy (non-hydrogen) atoms. The fraction of sp³-hybridized carbons (Fsp3) is 0.400. The van der Waals surface area contributed by atoms with Crippen LogP contribution in [-0.2, 0) is 10.3 Å². The van der Waals surface area contributed by atoms with Gasteiger partial charge < -0.3 is 31.0 Å². The Morgan fingerprint density at radius 2 is 2.09 bits per heavy atom. The van der Waals surface area contributed by atoms with E-state index in [1.54, 1.807) is 18.3 Å². The van der Waals surface area contributed by atoms with Crippen molar-refractivity contribution in [2.75, 3.05) is 48.0 Å². The number of piperidine rings is 1. The first-order chi connectivity index (χ1) is 17.0. The number of ether oxygens (including phenoxy) is 1. The molecule has 0 bridgehead atoms. The zero-order chi connectivity index (χ0) is 24.4. The Hall–Kier alpha value is -3.50. The third kappa shape index (κ3) is 4.71. The average Bonchev–Trinajstić information content (AvgIpc) is 3.37. The van der Waals surface area contributed by atoms with Crippen LogP contribution in [-0.4, -0.2) is 60.3 Å². The smallest absolute Gasteiger partial charge is 0.143 e. The second-order valence-electron chi connectivity index (χ2n) is 9.27. The van der Waals surface area contributed by atoms with Crippen LogP contribution in [0.3, 0.4) is 0 Å². The molecule has 0 aliphatic carbocycles. The molecule has 0 radical (unpaired) electrons. The number of morpholine rings is 1. The van der Waals surface area contributed by atoms with Crippen molar-refractivity contribution < 1.29 is 9.13 Å². The van der Waals surface area contributed by atoms with Gasteiger partial charge in [-0.2, -0.15) is 5.10 Å². The summed E-state index contributed by atoms with van der Waals surface area (Å²) < 4.78 is 19.4. The maximum Gasteiger partial charge on any atom is 0.143 e. The highest BCUT2D eigenvalue weighted by Gasteiger charge is 2.36. The first kappa shape index (κ1) is 23.3. The predicted molar refractivity (Wildman–Crippen MR) is 135 cm³/mol. The first-order valence-corrected chi connectivity index (χ1v) is 11.9. The van der Waals surface area contributed by atoms with E-state index in [1.807, 2.05) is 18.2 Å². The molecule has 10 heteroatoms. The molecule has 2 saturated heterocycles. The molecule has 5 rings (SSSR count). The van der Waals surface area contributed by atoms with Crippen LogP contribution in [0.15, 0.2) is 42.6 Å². The number of anilines is 4. The van der Waals surface area contributed by atoms with Gasteiger partial charge >= 0.3 is 0 Å². The summed E-state index contributed by atoms with van der Waals surface area (Å²) >= 11 is 0. The monoisotopic (exact) mass is 478 g/mol. The summed E-state index contributed by atoms with van der Waals surface area (Å²) in [7, 11) is 0. The van der Waals surface area contributed by atoms with Crippen molar-refractivity contribution in [2.24, 2.45) is 5.73 Å². The number of hydrogen-bond acceptors (Lipinski definition) is 8. The van der Waals surface area contributed by atoms with E-state index >= 15 is 0 Å². The summed E-state index contributed by atoms with van der Waals surface area (Å²) in [4.78, 5) is 9.29.